The number of imidazole rings is 1. The molecule has 2 aromatic rings. The van der Waals surface area contributed by atoms with Crippen molar-refractivity contribution in [1.29, 1.82) is 0 Å². The third-order valence-electron chi connectivity index (χ3n) is 4.00. The number of aromatic nitrogens is 2. The summed E-state index contributed by atoms with van der Waals surface area (Å²) >= 11 is 0. The van der Waals surface area contributed by atoms with Crippen molar-refractivity contribution in [2.45, 2.75) is 45.4 Å². The lowest BCUT2D eigenvalue weighted by atomic mass is 10.1. The van der Waals surface area contributed by atoms with Crippen LogP contribution in [0.15, 0.2) is 24.3 Å². The molecule has 1 aromatic carbocycles. The lowest BCUT2D eigenvalue weighted by Crippen LogP contribution is -2.47. The summed E-state index contributed by atoms with van der Waals surface area (Å²) in [6.45, 7) is 8.46. The van der Waals surface area contributed by atoms with Crippen molar-refractivity contribution in [1.82, 2.24) is 14.9 Å². The van der Waals surface area contributed by atoms with E-state index in [2.05, 4.69) is 42.8 Å². The molecule has 2 heterocycles. The Morgan fingerprint density at radius 2 is 2.00 bits per heavy atom. The van der Waals surface area contributed by atoms with Gasteiger partial charge in [-0.3, -0.25) is 4.90 Å². The van der Waals surface area contributed by atoms with Crippen LogP contribution in [0.3, 0.4) is 0 Å². The zero-order valence-electron chi connectivity index (χ0n) is 12.5. The Kier molecular flexibility index (Phi) is 3.76. The molecule has 3 rings (SSSR count). The number of morpholine rings is 1. The van der Waals surface area contributed by atoms with Gasteiger partial charge in [0.05, 0.1) is 29.3 Å². The van der Waals surface area contributed by atoms with Crippen LogP contribution in [0.4, 0.5) is 0 Å². The molecule has 4 heteroatoms. The maximum Gasteiger partial charge on any atom is 0.124 e. The van der Waals surface area contributed by atoms with Gasteiger partial charge in [-0.05, 0) is 32.4 Å². The van der Waals surface area contributed by atoms with Crippen LogP contribution in [-0.4, -0.2) is 40.2 Å². The SMILES string of the molecule is CCC(c1nc2ccccc2[nH]1)N1CC(C)OC(C)C1. The first kappa shape index (κ1) is 13.6. The van der Waals surface area contributed by atoms with Crippen LogP contribution in [0.1, 0.15) is 39.1 Å². The number of fused-ring (bicyclic) bond motifs is 1. The second-order valence-electron chi connectivity index (χ2n) is 5.77. The molecular weight excluding hydrogens is 250 g/mol. The average Bonchev–Trinajstić information content (AvgIpc) is 2.81. The first-order valence-electron chi connectivity index (χ1n) is 7.51. The minimum absolute atomic E-state index is 0.289. The van der Waals surface area contributed by atoms with Gasteiger partial charge in [-0.2, -0.15) is 0 Å². The van der Waals surface area contributed by atoms with Gasteiger partial charge in [0.2, 0.25) is 0 Å². The third-order valence-corrected chi connectivity index (χ3v) is 4.00. The van der Waals surface area contributed by atoms with Gasteiger partial charge in [-0.15, -0.1) is 0 Å². The fourth-order valence-electron chi connectivity index (χ4n) is 3.23. The second-order valence-corrected chi connectivity index (χ2v) is 5.77. The van der Waals surface area contributed by atoms with Crippen LogP contribution in [0, 0.1) is 0 Å². The monoisotopic (exact) mass is 273 g/mol. The Balaban J connectivity index is 1.88. The van der Waals surface area contributed by atoms with Crippen LogP contribution in [0.25, 0.3) is 11.0 Å². The smallest absolute Gasteiger partial charge is 0.124 e. The van der Waals surface area contributed by atoms with E-state index in [1.807, 2.05) is 12.1 Å². The van der Waals surface area contributed by atoms with Crippen molar-refractivity contribution in [2.75, 3.05) is 13.1 Å². The summed E-state index contributed by atoms with van der Waals surface area (Å²) in [5.74, 6) is 1.08. The topological polar surface area (TPSA) is 41.2 Å². The van der Waals surface area contributed by atoms with Crippen molar-refractivity contribution in [3.05, 3.63) is 30.1 Å². The Labute approximate surface area is 120 Å². The predicted octanol–water partition coefficient (Wildman–Crippen LogP) is 3.12. The highest BCUT2D eigenvalue weighted by atomic mass is 16.5. The van der Waals surface area contributed by atoms with E-state index in [1.165, 1.54) is 0 Å². The van der Waals surface area contributed by atoms with Gasteiger partial charge in [0.1, 0.15) is 5.82 Å². The van der Waals surface area contributed by atoms with Gasteiger partial charge in [-0.1, -0.05) is 19.1 Å². The van der Waals surface area contributed by atoms with Gasteiger partial charge in [0.25, 0.3) is 0 Å². The summed E-state index contributed by atoms with van der Waals surface area (Å²) in [5, 5.41) is 0. The molecule has 108 valence electrons. The standard InChI is InChI=1S/C16H23N3O/c1-4-15(19-9-11(2)20-12(3)10-19)16-17-13-7-5-6-8-14(13)18-16/h5-8,11-12,15H,4,9-10H2,1-3H3,(H,17,18). The molecule has 1 saturated heterocycles. The molecule has 0 saturated carbocycles. The zero-order valence-corrected chi connectivity index (χ0v) is 12.5. The van der Waals surface area contributed by atoms with Gasteiger partial charge in [-0.25, -0.2) is 4.98 Å². The van der Waals surface area contributed by atoms with Crippen LogP contribution in [0.2, 0.25) is 0 Å². The quantitative estimate of drug-likeness (QED) is 0.934. The number of H-pyrrole nitrogens is 1. The molecule has 1 fully saturated rings. The van der Waals surface area contributed by atoms with Crippen LogP contribution >= 0.6 is 0 Å². The molecule has 3 atom stereocenters. The van der Waals surface area contributed by atoms with E-state index in [1.54, 1.807) is 0 Å². The predicted molar refractivity (Wildman–Crippen MR) is 80.7 cm³/mol. The Bertz CT molecular complexity index is 537. The minimum atomic E-state index is 0.289. The normalized spacial score (nSPS) is 25.9. The Morgan fingerprint density at radius 1 is 1.30 bits per heavy atom. The fraction of sp³-hybridized carbons (Fsp3) is 0.562. The Morgan fingerprint density at radius 3 is 2.65 bits per heavy atom. The van der Waals surface area contributed by atoms with Crippen LogP contribution < -0.4 is 0 Å². The van der Waals surface area contributed by atoms with E-state index in [-0.39, 0.29) is 12.2 Å². The highest BCUT2D eigenvalue weighted by molar-refractivity contribution is 5.74. The highest BCUT2D eigenvalue weighted by Crippen LogP contribution is 2.27. The second kappa shape index (κ2) is 5.54. The van der Waals surface area contributed by atoms with E-state index in [0.717, 1.165) is 36.4 Å². The van der Waals surface area contributed by atoms with Gasteiger partial charge >= 0.3 is 0 Å². The number of rotatable bonds is 3. The number of benzene rings is 1. The minimum Gasteiger partial charge on any atom is -0.373 e. The lowest BCUT2D eigenvalue weighted by molar-refractivity contribution is -0.0822. The van der Waals surface area contributed by atoms with Crippen LogP contribution in [0.5, 0.6) is 0 Å². The third kappa shape index (κ3) is 2.58. The summed E-state index contributed by atoms with van der Waals surface area (Å²) in [4.78, 5) is 10.7. The first-order valence-corrected chi connectivity index (χ1v) is 7.51. The van der Waals surface area contributed by atoms with E-state index in [4.69, 9.17) is 9.72 Å². The molecular formula is C16H23N3O. The fourth-order valence-corrected chi connectivity index (χ4v) is 3.23. The van der Waals surface area contributed by atoms with E-state index < -0.39 is 0 Å². The number of hydrogen-bond donors (Lipinski definition) is 1. The Hall–Kier alpha value is -1.39. The molecule has 0 radical (unpaired) electrons. The molecule has 3 unspecified atom stereocenters. The average molecular weight is 273 g/mol. The molecule has 20 heavy (non-hydrogen) atoms. The maximum atomic E-state index is 5.83. The number of nitrogens with zero attached hydrogens (tertiary/aromatic N) is 2. The summed E-state index contributed by atoms with van der Waals surface area (Å²) in [6.07, 6.45) is 1.63. The van der Waals surface area contributed by atoms with E-state index in [9.17, 15) is 0 Å². The molecule has 1 N–H and O–H groups in total. The number of nitrogens with one attached hydrogen (secondary N) is 1. The van der Waals surface area contributed by atoms with Crippen molar-refractivity contribution in [3.8, 4) is 0 Å². The largest absolute Gasteiger partial charge is 0.373 e. The van der Waals surface area contributed by atoms with Gasteiger partial charge in [0, 0.05) is 13.1 Å². The van der Waals surface area contributed by atoms with Crippen molar-refractivity contribution in [2.24, 2.45) is 0 Å². The molecule has 1 aliphatic heterocycles. The molecule has 0 spiro atoms. The number of aromatic amines is 1. The van der Waals surface area contributed by atoms with Crippen molar-refractivity contribution < 1.29 is 4.74 Å². The maximum absolute atomic E-state index is 5.83. The molecule has 0 bridgehead atoms. The van der Waals surface area contributed by atoms with E-state index in [0.29, 0.717) is 6.04 Å². The van der Waals surface area contributed by atoms with Crippen LogP contribution in [-0.2, 0) is 4.74 Å². The number of ether oxygens (including phenoxy) is 1. The van der Waals surface area contributed by atoms with Crippen molar-refractivity contribution >= 4 is 11.0 Å². The molecule has 0 amide bonds. The van der Waals surface area contributed by atoms with E-state index >= 15 is 0 Å². The molecule has 0 aliphatic carbocycles. The number of hydrogen-bond acceptors (Lipinski definition) is 3. The zero-order chi connectivity index (χ0) is 14.1. The molecule has 4 nitrogen and oxygen atoms in total. The summed E-state index contributed by atoms with van der Waals surface area (Å²) < 4.78 is 5.83. The first-order chi connectivity index (χ1) is 9.67. The molecule has 1 aromatic heterocycles. The van der Waals surface area contributed by atoms with Gasteiger partial charge < -0.3 is 9.72 Å². The summed E-state index contributed by atoms with van der Waals surface area (Å²) in [5.41, 5.74) is 2.17. The van der Waals surface area contributed by atoms with Crippen molar-refractivity contribution in [3.63, 3.8) is 0 Å². The summed E-state index contributed by atoms with van der Waals surface area (Å²) in [7, 11) is 0. The molecule has 1 aliphatic rings. The number of para-hydroxylation sites is 2. The lowest BCUT2D eigenvalue weighted by Gasteiger charge is -2.39. The summed E-state index contributed by atoms with van der Waals surface area (Å²) in [6, 6.07) is 8.57. The highest BCUT2D eigenvalue weighted by Gasteiger charge is 2.29. The van der Waals surface area contributed by atoms with Gasteiger partial charge in [0.15, 0.2) is 0 Å².